The quantitative estimate of drug-likeness (QED) is 0.929. The second-order valence-electron chi connectivity index (χ2n) is 3.89. The van der Waals surface area contributed by atoms with Crippen molar-refractivity contribution in [3.63, 3.8) is 0 Å². The van der Waals surface area contributed by atoms with Crippen LogP contribution < -0.4 is 5.73 Å². The summed E-state index contributed by atoms with van der Waals surface area (Å²) in [7, 11) is 0. The lowest BCUT2D eigenvalue weighted by molar-refractivity contribution is 0.583. The first-order valence-corrected chi connectivity index (χ1v) is 6.81. The summed E-state index contributed by atoms with van der Waals surface area (Å²) in [6.45, 7) is 4.75. The van der Waals surface area contributed by atoms with Gasteiger partial charge in [-0.15, -0.1) is 11.3 Å². The van der Waals surface area contributed by atoms with Crippen LogP contribution in [-0.2, 0) is 13.0 Å². The fraction of sp³-hybridized carbons (Fsp3) is 0.455. The van der Waals surface area contributed by atoms with Crippen molar-refractivity contribution in [3.8, 4) is 0 Å². The number of aryl methyl sites for hydroxylation is 2. The summed E-state index contributed by atoms with van der Waals surface area (Å²) in [6.07, 6.45) is 0.664. The summed E-state index contributed by atoms with van der Waals surface area (Å²) < 4.78 is 1.91. The number of thiazole rings is 1. The zero-order chi connectivity index (χ0) is 12.4. The van der Waals surface area contributed by atoms with Gasteiger partial charge in [-0.3, -0.25) is 4.68 Å². The second kappa shape index (κ2) is 5.16. The molecule has 0 saturated carbocycles. The fourth-order valence-electron chi connectivity index (χ4n) is 1.78. The van der Waals surface area contributed by atoms with Gasteiger partial charge in [0.1, 0.15) is 0 Å². The molecule has 0 saturated heterocycles. The summed E-state index contributed by atoms with van der Waals surface area (Å²) in [5.74, 6) is 0. The zero-order valence-electron chi connectivity index (χ0n) is 9.85. The molecule has 2 heterocycles. The Labute approximate surface area is 109 Å². The normalized spacial score (nSPS) is 12.9. The maximum absolute atomic E-state index is 6.24. The zero-order valence-corrected chi connectivity index (χ0v) is 11.4. The molecule has 0 spiro atoms. The molecule has 0 aliphatic heterocycles. The predicted molar refractivity (Wildman–Crippen MR) is 70.4 cm³/mol. The Morgan fingerprint density at radius 3 is 2.94 bits per heavy atom. The van der Waals surface area contributed by atoms with Crippen molar-refractivity contribution in [1.29, 1.82) is 0 Å². The third kappa shape index (κ3) is 2.51. The van der Waals surface area contributed by atoms with Crippen LogP contribution in [0.2, 0.25) is 5.02 Å². The summed E-state index contributed by atoms with van der Waals surface area (Å²) in [5.41, 5.74) is 10.7. The molecule has 0 fully saturated rings. The summed E-state index contributed by atoms with van der Waals surface area (Å²) in [5, 5.41) is 7.06. The number of rotatable bonds is 4. The van der Waals surface area contributed by atoms with Crippen LogP contribution in [0.3, 0.4) is 0 Å². The van der Waals surface area contributed by atoms with Crippen LogP contribution in [0, 0.1) is 6.92 Å². The van der Waals surface area contributed by atoms with Gasteiger partial charge in [-0.05, 0) is 13.8 Å². The van der Waals surface area contributed by atoms with Crippen LogP contribution in [0.25, 0.3) is 0 Å². The minimum absolute atomic E-state index is 0.125. The van der Waals surface area contributed by atoms with Crippen LogP contribution in [0.15, 0.2) is 10.9 Å². The number of halogens is 1. The molecule has 1 unspecified atom stereocenters. The largest absolute Gasteiger partial charge is 0.322 e. The minimum Gasteiger partial charge on any atom is -0.322 e. The van der Waals surface area contributed by atoms with E-state index in [1.54, 1.807) is 16.8 Å². The third-order valence-corrected chi connectivity index (χ3v) is 3.79. The van der Waals surface area contributed by atoms with Crippen LogP contribution in [0.5, 0.6) is 0 Å². The van der Waals surface area contributed by atoms with Gasteiger partial charge in [-0.2, -0.15) is 5.10 Å². The monoisotopic (exact) mass is 270 g/mol. The Bertz CT molecular complexity index is 492. The van der Waals surface area contributed by atoms with Crippen molar-refractivity contribution in [3.05, 3.63) is 33.0 Å². The highest BCUT2D eigenvalue weighted by atomic mass is 35.5. The third-order valence-electron chi connectivity index (χ3n) is 2.70. The van der Waals surface area contributed by atoms with Crippen LogP contribution in [0.4, 0.5) is 0 Å². The first-order chi connectivity index (χ1) is 8.13. The highest BCUT2D eigenvalue weighted by Gasteiger charge is 2.17. The van der Waals surface area contributed by atoms with E-state index in [1.807, 2.05) is 23.9 Å². The Morgan fingerprint density at radius 1 is 1.59 bits per heavy atom. The standard InChI is InChI=1S/C11H15ClN4S/c1-3-16-10(11(12)7(2)15-16)4-8(13)9-5-17-6-14-9/h5-6,8H,3-4,13H2,1-2H3. The van der Waals surface area contributed by atoms with E-state index in [-0.39, 0.29) is 6.04 Å². The summed E-state index contributed by atoms with van der Waals surface area (Å²) >= 11 is 7.79. The van der Waals surface area contributed by atoms with Gasteiger partial charge in [0.15, 0.2) is 0 Å². The van der Waals surface area contributed by atoms with E-state index in [0.717, 1.165) is 28.6 Å². The lowest BCUT2D eigenvalue weighted by Gasteiger charge is -2.10. The topological polar surface area (TPSA) is 56.7 Å². The molecule has 2 aromatic heterocycles. The average Bonchev–Trinajstić information content (AvgIpc) is 2.92. The number of hydrogen-bond acceptors (Lipinski definition) is 4. The van der Waals surface area contributed by atoms with E-state index in [9.17, 15) is 0 Å². The Balaban J connectivity index is 2.24. The maximum atomic E-state index is 6.24. The van der Waals surface area contributed by atoms with Crippen molar-refractivity contribution in [2.45, 2.75) is 32.9 Å². The molecular weight excluding hydrogens is 256 g/mol. The van der Waals surface area contributed by atoms with Gasteiger partial charge in [0, 0.05) is 18.3 Å². The first kappa shape index (κ1) is 12.5. The number of nitrogens with two attached hydrogens (primary N) is 1. The molecule has 2 N–H and O–H groups in total. The van der Waals surface area contributed by atoms with Gasteiger partial charge >= 0.3 is 0 Å². The Morgan fingerprint density at radius 2 is 2.35 bits per heavy atom. The van der Waals surface area contributed by atoms with Gasteiger partial charge in [-0.1, -0.05) is 11.6 Å². The lowest BCUT2D eigenvalue weighted by atomic mass is 10.1. The van der Waals surface area contributed by atoms with Gasteiger partial charge in [0.25, 0.3) is 0 Å². The van der Waals surface area contributed by atoms with E-state index in [2.05, 4.69) is 10.1 Å². The van der Waals surface area contributed by atoms with Gasteiger partial charge in [0.2, 0.25) is 0 Å². The van der Waals surface area contributed by atoms with Crippen molar-refractivity contribution in [2.24, 2.45) is 5.73 Å². The fourth-order valence-corrected chi connectivity index (χ4v) is 2.61. The van der Waals surface area contributed by atoms with Gasteiger partial charge < -0.3 is 5.73 Å². The average molecular weight is 271 g/mol. The molecule has 2 rings (SSSR count). The highest BCUT2D eigenvalue weighted by Crippen LogP contribution is 2.24. The van der Waals surface area contributed by atoms with Gasteiger partial charge in [0.05, 0.1) is 33.7 Å². The molecule has 6 heteroatoms. The number of hydrogen-bond donors (Lipinski definition) is 1. The van der Waals surface area contributed by atoms with Crippen LogP contribution in [-0.4, -0.2) is 14.8 Å². The Hall–Kier alpha value is -0.910. The number of nitrogens with zero attached hydrogens (tertiary/aromatic N) is 3. The molecule has 0 aliphatic rings. The van der Waals surface area contributed by atoms with E-state index >= 15 is 0 Å². The molecule has 2 aromatic rings. The number of aromatic nitrogens is 3. The smallest absolute Gasteiger partial charge is 0.0847 e. The molecule has 0 aromatic carbocycles. The minimum atomic E-state index is -0.125. The molecule has 0 amide bonds. The molecular formula is C11H15ClN4S. The maximum Gasteiger partial charge on any atom is 0.0847 e. The van der Waals surface area contributed by atoms with Crippen molar-refractivity contribution in [1.82, 2.24) is 14.8 Å². The van der Waals surface area contributed by atoms with Crippen LogP contribution >= 0.6 is 22.9 Å². The molecule has 0 bridgehead atoms. The predicted octanol–water partition coefficient (Wildman–Crippen LogP) is 2.56. The SMILES string of the molecule is CCn1nc(C)c(Cl)c1CC(N)c1cscn1. The van der Waals surface area contributed by atoms with E-state index in [4.69, 9.17) is 17.3 Å². The van der Waals surface area contributed by atoms with E-state index in [0.29, 0.717) is 6.42 Å². The molecule has 92 valence electrons. The highest BCUT2D eigenvalue weighted by molar-refractivity contribution is 7.07. The Kier molecular flexibility index (Phi) is 3.81. The molecule has 1 atom stereocenters. The molecule has 17 heavy (non-hydrogen) atoms. The van der Waals surface area contributed by atoms with Crippen LogP contribution in [0.1, 0.15) is 30.0 Å². The van der Waals surface area contributed by atoms with Crippen molar-refractivity contribution < 1.29 is 0 Å². The molecule has 0 aliphatic carbocycles. The first-order valence-electron chi connectivity index (χ1n) is 5.49. The summed E-state index contributed by atoms with van der Waals surface area (Å²) in [4.78, 5) is 4.23. The lowest BCUT2D eigenvalue weighted by Crippen LogP contribution is -2.16. The van der Waals surface area contributed by atoms with E-state index in [1.165, 1.54) is 0 Å². The summed E-state index contributed by atoms with van der Waals surface area (Å²) in [6, 6.07) is -0.125. The van der Waals surface area contributed by atoms with Crippen molar-refractivity contribution in [2.75, 3.05) is 0 Å². The molecule has 0 radical (unpaired) electrons. The second-order valence-corrected chi connectivity index (χ2v) is 4.98. The van der Waals surface area contributed by atoms with Crippen molar-refractivity contribution >= 4 is 22.9 Å². The van der Waals surface area contributed by atoms with E-state index < -0.39 is 0 Å². The molecule has 4 nitrogen and oxygen atoms in total. The van der Waals surface area contributed by atoms with Gasteiger partial charge in [-0.25, -0.2) is 4.98 Å².